The standard InChI is InChI=1S/C9H14FNO4/c1-5-3-7(12)11(4-6(2)15-5)8(10)9(13)14/h5-6,8H,3-4H2,1-2H3,(H,13,14). The molecule has 3 atom stereocenters. The monoisotopic (exact) mass is 219 g/mol. The van der Waals surface area contributed by atoms with Gasteiger partial charge in [0.1, 0.15) is 0 Å². The number of hydrogen-bond acceptors (Lipinski definition) is 3. The lowest BCUT2D eigenvalue weighted by Crippen LogP contribution is -2.44. The number of rotatable bonds is 2. The number of carbonyl (C=O) groups is 2. The molecule has 0 aromatic carbocycles. The smallest absolute Gasteiger partial charge is 0.359 e. The number of carboxylic acid groups (broad SMARTS) is 1. The second kappa shape index (κ2) is 4.57. The Morgan fingerprint density at radius 3 is 2.73 bits per heavy atom. The zero-order valence-electron chi connectivity index (χ0n) is 8.64. The van der Waals surface area contributed by atoms with Crippen molar-refractivity contribution in [2.75, 3.05) is 6.54 Å². The molecule has 0 bridgehead atoms. The predicted molar refractivity (Wildman–Crippen MR) is 48.9 cm³/mol. The van der Waals surface area contributed by atoms with E-state index in [1.807, 2.05) is 0 Å². The maximum absolute atomic E-state index is 13.2. The van der Waals surface area contributed by atoms with Gasteiger partial charge in [0.2, 0.25) is 5.91 Å². The Labute approximate surface area is 86.8 Å². The third-order valence-electron chi connectivity index (χ3n) is 2.18. The lowest BCUT2D eigenvalue weighted by atomic mass is 10.2. The molecule has 0 saturated carbocycles. The van der Waals surface area contributed by atoms with E-state index in [-0.39, 0.29) is 25.2 Å². The summed E-state index contributed by atoms with van der Waals surface area (Å²) < 4.78 is 18.5. The van der Waals surface area contributed by atoms with Crippen LogP contribution in [0.5, 0.6) is 0 Å². The average molecular weight is 219 g/mol. The van der Waals surface area contributed by atoms with Gasteiger partial charge >= 0.3 is 5.97 Å². The Morgan fingerprint density at radius 1 is 1.60 bits per heavy atom. The van der Waals surface area contributed by atoms with E-state index in [0.717, 1.165) is 0 Å². The Bertz CT molecular complexity index is 271. The summed E-state index contributed by atoms with van der Waals surface area (Å²) in [5.41, 5.74) is 0. The van der Waals surface area contributed by atoms with Gasteiger partial charge in [-0.25, -0.2) is 9.18 Å². The normalized spacial score (nSPS) is 29.8. The quantitative estimate of drug-likeness (QED) is 0.682. The summed E-state index contributed by atoms with van der Waals surface area (Å²) in [7, 11) is 0. The van der Waals surface area contributed by atoms with E-state index >= 15 is 0 Å². The molecule has 0 aromatic rings. The van der Waals surface area contributed by atoms with Gasteiger partial charge in [-0.05, 0) is 13.8 Å². The average Bonchev–Trinajstić information content (AvgIpc) is 2.23. The summed E-state index contributed by atoms with van der Waals surface area (Å²) in [6, 6.07) is 0. The fraction of sp³-hybridized carbons (Fsp3) is 0.778. The van der Waals surface area contributed by atoms with Crippen LogP contribution >= 0.6 is 0 Å². The van der Waals surface area contributed by atoms with Gasteiger partial charge in [-0.3, -0.25) is 4.79 Å². The molecule has 1 aliphatic rings. The second-order valence-electron chi connectivity index (χ2n) is 3.68. The van der Waals surface area contributed by atoms with Crippen molar-refractivity contribution >= 4 is 11.9 Å². The van der Waals surface area contributed by atoms with Crippen LogP contribution in [0.1, 0.15) is 20.3 Å². The first-order chi connectivity index (χ1) is 6.91. The number of amides is 1. The molecule has 15 heavy (non-hydrogen) atoms. The van der Waals surface area contributed by atoms with Crippen molar-refractivity contribution in [3.8, 4) is 0 Å². The number of ether oxygens (including phenoxy) is 1. The van der Waals surface area contributed by atoms with Gasteiger partial charge in [0, 0.05) is 6.54 Å². The minimum absolute atomic E-state index is 0.0119. The number of carboxylic acids is 1. The molecule has 1 aliphatic heterocycles. The van der Waals surface area contributed by atoms with E-state index in [2.05, 4.69) is 0 Å². The SMILES string of the molecule is CC1CC(=O)N(C(F)C(=O)O)CC(C)O1. The van der Waals surface area contributed by atoms with Crippen LogP contribution in [0.4, 0.5) is 4.39 Å². The van der Waals surface area contributed by atoms with Crippen LogP contribution in [0.3, 0.4) is 0 Å². The molecule has 1 N–H and O–H groups in total. The van der Waals surface area contributed by atoms with E-state index in [4.69, 9.17) is 9.84 Å². The van der Waals surface area contributed by atoms with E-state index in [9.17, 15) is 14.0 Å². The predicted octanol–water partition coefficient (Wildman–Crippen LogP) is 0.393. The summed E-state index contributed by atoms with van der Waals surface area (Å²) in [6.45, 7) is 3.35. The molecule has 1 heterocycles. The van der Waals surface area contributed by atoms with Crippen molar-refractivity contribution in [3.63, 3.8) is 0 Å². The summed E-state index contributed by atoms with van der Waals surface area (Å²) >= 11 is 0. The third-order valence-corrected chi connectivity index (χ3v) is 2.18. The number of halogens is 1. The first kappa shape index (κ1) is 11.9. The van der Waals surface area contributed by atoms with E-state index < -0.39 is 18.2 Å². The van der Waals surface area contributed by atoms with Crippen molar-refractivity contribution in [2.45, 2.75) is 38.8 Å². The molecule has 1 saturated heterocycles. The molecular weight excluding hydrogens is 205 g/mol. The molecule has 0 radical (unpaired) electrons. The zero-order chi connectivity index (χ0) is 11.6. The lowest BCUT2D eigenvalue weighted by molar-refractivity contribution is -0.157. The van der Waals surface area contributed by atoms with Gasteiger partial charge < -0.3 is 14.7 Å². The van der Waals surface area contributed by atoms with Crippen LogP contribution in [0.25, 0.3) is 0 Å². The zero-order valence-corrected chi connectivity index (χ0v) is 8.64. The maximum Gasteiger partial charge on any atom is 0.359 e. The fourth-order valence-electron chi connectivity index (χ4n) is 1.58. The number of alkyl halides is 1. The van der Waals surface area contributed by atoms with Crippen molar-refractivity contribution in [2.24, 2.45) is 0 Å². The molecule has 6 heteroatoms. The van der Waals surface area contributed by atoms with Crippen molar-refractivity contribution in [1.82, 2.24) is 4.90 Å². The fourth-order valence-corrected chi connectivity index (χ4v) is 1.58. The number of nitrogens with zero attached hydrogens (tertiary/aromatic N) is 1. The number of carbonyl (C=O) groups excluding carboxylic acids is 1. The Balaban J connectivity index is 2.78. The first-order valence-corrected chi connectivity index (χ1v) is 4.73. The topological polar surface area (TPSA) is 66.8 Å². The van der Waals surface area contributed by atoms with Crippen LogP contribution in [0.15, 0.2) is 0 Å². The van der Waals surface area contributed by atoms with Gasteiger partial charge in [-0.1, -0.05) is 0 Å². The van der Waals surface area contributed by atoms with Gasteiger partial charge in [0.05, 0.1) is 18.6 Å². The minimum atomic E-state index is -2.28. The minimum Gasteiger partial charge on any atom is -0.478 e. The van der Waals surface area contributed by atoms with Gasteiger partial charge in [0.15, 0.2) is 0 Å². The molecule has 1 amide bonds. The molecule has 86 valence electrons. The molecule has 0 aliphatic carbocycles. The second-order valence-corrected chi connectivity index (χ2v) is 3.68. The van der Waals surface area contributed by atoms with Crippen LogP contribution < -0.4 is 0 Å². The highest BCUT2D eigenvalue weighted by Gasteiger charge is 2.34. The number of aliphatic carboxylic acids is 1. The molecule has 0 aromatic heterocycles. The van der Waals surface area contributed by atoms with E-state index in [1.165, 1.54) is 0 Å². The molecule has 1 rings (SSSR count). The summed E-state index contributed by atoms with van der Waals surface area (Å²) in [6.07, 6.45) is -2.94. The molecular formula is C9H14FNO4. The van der Waals surface area contributed by atoms with Gasteiger partial charge in [-0.15, -0.1) is 0 Å². The third kappa shape index (κ3) is 2.89. The maximum atomic E-state index is 13.2. The van der Waals surface area contributed by atoms with E-state index in [0.29, 0.717) is 4.90 Å². The first-order valence-electron chi connectivity index (χ1n) is 4.73. The Hall–Kier alpha value is -1.17. The van der Waals surface area contributed by atoms with E-state index in [1.54, 1.807) is 13.8 Å². The number of hydrogen-bond donors (Lipinski definition) is 1. The summed E-state index contributed by atoms with van der Waals surface area (Å²) in [5, 5.41) is 8.49. The Morgan fingerprint density at radius 2 is 2.20 bits per heavy atom. The van der Waals surface area contributed by atoms with Crippen molar-refractivity contribution in [3.05, 3.63) is 0 Å². The lowest BCUT2D eigenvalue weighted by Gasteiger charge is -2.23. The molecule has 0 spiro atoms. The Kier molecular flexibility index (Phi) is 3.62. The van der Waals surface area contributed by atoms with Gasteiger partial charge in [0.25, 0.3) is 6.30 Å². The summed E-state index contributed by atoms with van der Waals surface area (Å²) in [5.74, 6) is -2.17. The van der Waals surface area contributed by atoms with Crippen LogP contribution in [-0.4, -0.2) is 46.9 Å². The van der Waals surface area contributed by atoms with Crippen molar-refractivity contribution < 1.29 is 23.8 Å². The highest BCUT2D eigenvalue weighted by atomic mass is 19.1. The van der Waals surface area contributed by atoms with Crippen LogP contribution in [-0.2, 0) is 14.3 Å². The van der Waals surface area contributed by atoms with Gasteiger partial charge in [-0.2, -0.15) is 0 Å². The molecule has 1 fully saturated rings. The van der Waals surface area contributed by atoms with Crippen LogP contribution in [0, 0.1) is 0 Å². The van der Waals surface area contributed by atoms with Crippen molar-refractivity contribution in [1.29, 1.82) is 0 Å². The largest absolute Gasteiger partial charge is 0.478 e. The highest BCUT2D eigenvalue weighted by molar-refractivity contribution is 5.83. The van der Waals surface area contributed by atoms with Crippen LogP contribution in [0.2, 0.25) is 0 Å². The molecule has 3 unspecified atom stereocenters. The molecule has 5 nitrogen and oxygen atoms in total. The summed E-state index contributed by atoms with van der Waals surface area (Å²) in [4.78, 5) is 22.6. The highest BCUT2D eigenvalue weighted by Crippen LogP contribution is 2.15.